The van der Waals surface area contributed by atoms with Gasteiger partial charge in [-0.2, -0.15) is 0 Å². The molecule has 0 saturated carbocycles. The number of anilines is 2. The number of benzene rings is 1. The maximum Gasteiger partial charge on any atom is 0.275 e. The second-order valence-electron chi connectivity index (χ2n) is 5.21. The first-order valence-corrected chi connectivity index (χ1v) is 7.90. The van der Waals surface area contributed by atoms with Crippen molar-refractivity contribution in [2.45, 2.75) is 0 Å². The van der Waals surface area contributed by atoms with Crippen LogP contribution in [0.15, 0.2) is 41.5 Å². The Balaban J connectivity index is 1.99. The van der Waals surface area contributed by atoms with Gasteiger partial charge in [-0.3, -0.25) is 9.36 Å². The number of aromatic nitrogens is 3. The van der Waals surface area contributed by atoms with Gasteiger partial charge in [-0.05, 0) is 24.3 Å². The summed E-state index contributed by atoms with van der Waals surface area (Å²) in [6, 6.07) is 8.75. The number of thiophene rings is 1. The van der Waals surface area contributed by atoms with Crippen molar-refractivity contribution >= 4 is 43.3 Å². The molecule has 0 unspecified atom stereocenters. The third kappa shape index (κ3) is 2.08. The standard InChI is InChI=1S/C16H13N5O2S/c1-23-9-4-2-8(3-5-9)21-7-19-13-12-10(17)6-11(18)20-15(12)24-14(13)16(21)22/h2-7H,1H3,(H4,17,18,20). The Labute approximate surface area is 140 Å². The minimum Gasteiger partial charge on any atom is -0.497 e. The first-order valence-electron chi connectivity index (χ1n) is 7.09. The van der Waals surface area contributed by atoms with E-state index in [1.54, 1.807) is 37.4 Å². The zero-order valence-corrected chi connectivity index (χ0v) is 13.5. The van der Waals surface area contributed by atoms with Crippen molar-refractivity contribution in [2.24, 2.45) is 0 Å². The molecular formula is C16H13N5O2S. The first-order chi connectivity index (χ1) is 11.6. The van der Waals surface area contributed by atoms with Crippen molar-refractivity contribution in [2.75, 3.05) is 18.6 Å². The molecule has 0 saturated heterocycles. The van der Waals surface area contributed by atoms with Crippen LogP contribution in [0.25, 0.3) is 26.1 Å². The molecule has 3 heterocycles. The summed E-state index contributed by atoms with van der Waals surface area (Å²) in [5.41, 5.74) is 13.3. The number of fused-ring (bicyclic) bond motifs is 3. The molecule has 0 aliphatic carbocycles. The van der Waals surface area contributed by atoms with Crippen molar-refractivity contribution in [1.82, 2.24) is 14.5 Å². The molecule has 0 radical (unpaired) electrons. The van der Waals surface area contributed by atoms with Gasteiger partial charge in [0.15, 0.2) is 0 Å². The van der Waals surface area contributed by atoms with Crippen LogP contribution < -0.4 is 21.8 Å². The maximum atomic E-state index is 12.9. The number of methoxy groups -OCH3 is 1. The van der Waals surface area contributed by atoms with Gasteiger partial charge in [-0.1, -0.05) is 0 Å². The molecule has 0 bridgehead atoms. The van der Waals surface area contributed by atoms with Crippen LogP contribution in [-0.4, -0.2) is 21.6 Å². The van der Waals surface area contributed by atoms with Gasteiger partial charge in [0.25, 0.3) is 5.56 Å². The molecule has 1 aromatic carbocycles. The highest BCUT2D eigenvalue weighted by Gasteiger charge is 2.16. The van der Waals surface area contributed by atoms with Crippen LogP contribution in [0.4, 0.5) is 11.5 Å². The summed E-state index contributed by atoms with van der Waals surface area (Å²) >= 11 is 1.24. The minimum atomic E-state index is -0.175. The number of nitrogens with zero attached hydrogens (tertiary/aromatic N) is 3. The SMILES string of the molecule is COc1ccc(-n2cnc3c(sc4nc(N)cc(N)c43)c2=O)cc1. The number of ether oxygens (including phenoxy) is 1. The monoisotopic (exact) mass is 339 g/mol. The van der Waals surface area contributed by atoms with E-state index < -0.39 is 0 Å². The van der Waals surface area contributed by atoms with Crippen molar-refractivity contribution in [3.63, 3.8) is 0 Å². The highest BCUT2D eigenvalue weighted by atomic mass is 32.1. The van der Waals surface area contributed by atoms with Crippen LogP contribution in [0.5, 0.6) is 5.75 Å². The van der Waals surface area contributed by atoms with Gasteiger partial charge in [0.2, 0.25) is 0 Å². The van der Waals surface area contributed by atoms with Crippen molar-refractivity contribution in [3.8, 4) is 11.4 Å². The van der Waals surface area contributed by atoms with Crippen LogP contribution in [0.3, 0.4) is 0 Å². The number of nitrogens with two attached hydrogens (primary N) is 2. The van der Waals surface area contributed by atoms with E-state index in [0.717, 1.165) is 5.75 Å². The van der Waals surface area contributed by atoms with E-state index >= 15 is 0 Å². The molecule has 4 rings (SSSR count). The molecule has 0 aliphatic heterocycles. The normalized spacial score (nSPS) is 11.2. The molecule has 3 aromatic heterocycles. The number of pyridine rings is 1. The van der Waals surface area contributed by atoms with Crippen LogP contribution >= 0.6 is 11.3 Å². The van der Waals surface area contributed by atoms with E-state index in [4.69, 9.17) is 16.2 Å². The summed E-state index contributed by atoms with van der Waals surface area (Å²) in [7, 11) is 1.59. The van der Waals surface area contributed by atoms with Gasteiger partial charge < -0.3 is 16.2 Å². The van der Waals surface area contributed by atoms with E-state index in [1.165, 1.54) is 22.2 Å². The first kappa shape index (κ1) is 14.5. The Kier molecular flexibility index (Phi) is 3.14. The fraction of sp³-hybridized carbons (Fsp3) is 0.0625. The summed E-state index contributed by atoms with van der Waals surface area (Å²) in [6.45, 7) is 0. The minimum absolute atomic E-state index is 0.175. The number of nitrogen functional groups attached to an aromatic ring is 2. The summed E-state index contributed by atoms with van der Waals surface area (Å²) < 4.78 is 7.11. The fourth-order valence-electron chi connectivity index (χ4n) is 2.60. The van der Waals surface area contributed by atoms with Crippen molar-refractivity contribution < 1.29 is 4.74 Å². The van der Waals surface area contributed by atoms with E-state index in [-0.39, 0.29) is 5.56 Å². The summed E-state index contributed by atoms with van der Waals surface area (Å²) in [6.07, 6.45) is 1.49. The second kappa shape index (κ2) is 5.20. The molecule has 120 valence electrons. The van der Waals surface area contributed by atoms with Crippen LogP contribution in [0.2, 0.25) is 0 Å². The smallest absolute Gasteiger partial charge is 0.275 e. The van der Waals surface area contributed by atoms with Crippen molar-refractivity contribution in [3.05, 3.63) is 47.0 Å². The Morgan fingerprint density at radius 2 is 1.96 bits per heavy atom. The molecule has 0 aliphatic rings. The molecule has 0 amide bonds. The molecular weight excluding hydrogens is 326 g/mol. The van der Waals surface area contributed by atoms with Crippen LogP contribution in [0.1, 0.15) is 0 Å². The third-order valence-electron chi connectivity index (χ3n) is 3.75. The lowest BCUT2D eigenvalue weighted by Crippen LogP contribution is -2.17. The van der Waals surface area contributed by atoms with Gasteiger partial charge >= 0.3 is 0 Å². The Bertz CT molecular complexity index is 1130. The lowest BCUT2D eigenvalue weighted by atomic mass is 10.2. The predicted molar refractivity (Wildman–Crippen MR) is 95.9 cm³/mol. The maximum absolute atomic E-state index is 12.9. The zero-order chi connectivity index (χ0) is 16.8. The van der Waals surface area contributed by atoms with Gasteiger partial charge in [0.05, 0.1) is 23.7 Å². The summed E-state index contributed by atoms with van der Waals surface area (Å²) in [5.74, 6) is 1.04. The molecule has 24 heavy (non-hydrogen) atoms. The average Bonchev–Trinajstić information content (AvgIpc) is 2.95. The van der Waals surface area contributed by atoms with Gasteiger partial charge in [-0.25, -0.2) is 9.97 Å². The summed E-state index contributed by atoms with van der Waals surface area (Å²) in [5, 5.41) is 0.670. The average molecular weight is 339 g/mol. The molecule has 0 atom stereocenters. The fourth-order valence-corrected chi connectivity index (χ4v) is 3.70. The highest BCUT2D eigenvalue weighted by Crippen LogP contribution is 2.34. The Morgan fingerprint density at radius 3 is 2.67 bits per heavy atom. The molecule has 4 N–H and O–H groups in total. The molecule has 4 aromatic rings. The quantitative estimate of drug-likeness (QED) is 0.579. The molecule has 0 fully saturated rings. The van der Waals surface area contributed by atoms with Crippen LogP contribution in [-0.2, 0) is 0 Å². The van der Waals surface area contributed by atoms with Crippen molar-refractivity contribution in [1.29, 1.82) is 0 Å². The van der Waals surface area contributed by atoms with Gasteiger partial charge in [0.1, 0.15) is 27.4 Å². The molecule has 7 nitrogen and oxygen atoms in total. The number of hydrogen-bond donors (Lipinski definition) is 2. The number of hydrogen-bond acceptors (Lipinski definition) is 7. The zero-order valence-electron chi connectivity index (χ0n) is 12.7. The lowest BCUT2D eigenvalue weighted by molar-refractivity contribution is 0.414. The Morgan fingerprint density at radius 1 is 1.21 bits per heavy atom. The van der Waals surface area contributed by atoms with E-state index in [2.05, 4.69) is 9.97 Å². The van der Waals surface area contributed by atoms with Crippen LogP contribution in [0, 0.1) is 0 Å². The van der Waals surface area contributed by atoms with E-state index in [9.17, 15) is 4.79 Å². The molecule has 0 spiro atoms. The lowest BCUT2D eigenvalue weighted by Gasteiger charge is -2.06. The Hall–Kier alpha value is -3.13. The largest absolute Gasteiger partial charge is 0.497 e. The highest BCUT2D eigenvalue weighted by molar-refractivity contribution is 7.25. The topological polar surface area (TPSA) is 109 Å². The third-order valence-corrected chi connectivity index (χ3v) is 4.81. The predicted octanol–water partition coefficient (Wildman–Crippen LogP) is 2.17. The van der Waals surface area contributed by atoms with E-state index in [0.29, 0.717) is 37.6 Å². The van der Waals surface area contributed by atoms with Gasteiger partial charge in [0, 0.05) is 11.8 Å². The van der Waals surface area contributed by atoms with E-state index in [1.807, 2.05) is 0 Å². The summed E-state index contributed by atoms with van der Waals surface area (Å²) in [4.78, 5) is 22.1. The van der Waals surface area contributed by atoms with Gasteiger partial charge in [-0.15, -0.1) is 11.3 Å². The second-order valence-corrected chi connectivity index (χ2v) is 6.21. The molecule has 8 heteroatoms. The number of rotatable bonds is 2.